The first-order valence-corrected chi connectivity index (χ1v) is 3.44. The van der Waals surface area contributed by atoms with Crippen molar-refractivity contribution in [2.24, 2.45) is 0 Å². The summed E-state index contributed by atoms with van der Waals surface area (Å²) >= 11 is 0. The van der Waals surface area contributed by atoms with E-state index in [1.54, 1.807) is 7.05 Å². The number of amides is 1. The zero-order valence-corrected chi connectivity index (χ0v) is 6.64. The van der Waals surface area contributed by atoms with E-state index in [1.807, 2.05) is 13.0 Å². The van der Waals surface area contributed by atoms with Crippen molar-refractivity contribution < 1.29 is 4.79 Å². The lowest BCUT2D eigenvalue weighted by Crippen LogP contribution is -2.20. The van der Waals surface area contributed by atoms with Gasteiger partial charge in [0, 0.05) is 12.7 Å². The minimum Gasteiger partial charge on any atom is -0.359 e. The second-order valence-corrected chi connectivity index (χ2v) is 2.39. The summed E-state index contributed by atoms with van der Waals surface area (Å²) in [6.45, 7) is 1.90. The van der Waals surface area contributed by atoms with E-state index in [1.165, 1.54) is 0 Å². The van der Waals surface area contributed by atoms with Crippen LogP contribution in [0.25, 0.3) is 0 Å². The van der Waals surface area contributed by atoms with Crippen LogP contribution in [0.15, 0.2) is 6.07 Å². The fraction of sp³-hybridized carbons (Fsp3) is 0.429. The average Bonchev–Trinajstić information content (AvgIpc) is 2.35. The van der Waals surface area contributed by atoms with Gasteiger partial charge in [0.2, 0.25) is 5.91 Å². The highest BCUT2D eigenvalue weighted by Gasteiger charge is 2.02. The molecule has 0 bridgehead atoms. The third-order valence-corrected chi connectivity index (χ3v) is 1.38. The fourth-order valence-corrected chi connectivity index (χ4v) is 0.818. The van der Waals surface area contributed by atoms with Gasteiger partial charge in [-0.05, 0) is 13.0 Å². The highest BCUT2D eigenvalue weighted by molar-refractivity contribution is 5.77. The Kier molecular flexibility index (Phi) is 2.25. The van der Waals surface area contributed by atoms with Gasteiger partial charge in [-0.1, -0.05) is 0 Å². The molecule has 0 atom stereocenters. The molecular weight excluding hydrogens is 142 g/mol. The molecule has 1 aromatic heterocycles. The van der Waals surface area contributed by atoms with Crippen LogP contribution in [0.5, 0.6) is 0 Å². The molecule has 0 spiro atoms. The second kappa shape index (κ2) is 3.18. The molecule has 4 nitrogen and oxygen atoms in total. The molecule has 0 aliphatic heterocycles. The number of nitrogens with zero attached hydrogens (tertiary/aromatic N) is 1. The Morgan fingerprint density at radius 2 is 2.55 bits per heavy atom. The van der Waals surface area contributed by atoms with E-state index >= 15 is 0 Å². The normalized spacial score (nSPS) is 9.64. The molecule has 2 N–H and O–H groups in total. The molecular formula is C7H11N3O. The molecule has 0 saturated carbocycles. The van der Waals surface area contributed by atoms with E-state index in [0.29, 0.717) is 6.42 Å². The monoisotopic (exact) mass is 153 g/mol. The van der Waals surface area contributed by atoms with Crippen LogP contribution >= 0.6 is 0 Å². The Morgan fingerprint density at radius 3 is 3.00 bits per heavy atom. The molecule has 0 aromatic carbocycles. The van der Waals surface area contributed by atoms with Crippen molar-refractivity contribution in [3.8, 4) is 0 Å². The molecule has 11 heavy (non-hydrogen) atoms. The van der Waals surface area contributed by atoms with Crippen molar-refractivity contribution in [1.29, 1.82) is 0 Å². The molecule has 1 heterocycles. The van der Waals surface area contributed by atoms with E-state index < -0.39 is 0 Å². The Balaban J connectivity index is 2.57. The number of carbonyl (C=O) groups excluding carboxylic acids is 1. The topological polar surface area (TPSA) is 57.8 Å². The van der Waals surface area contributed by atoms with E-state index in [2.05, 4.69) is 15.5 Å². The quantitative estimate of drug-likeness (QED) is 0.628. The summed E-state index contributed by atoms with van der Waals surface area (Å²) in [5.41, 5.74) is 1.76. The molecule has 1 rings (SSSR count). The molecule has 0 radical (unpaired) electrons. The van der Waals surface area contributed by atoms with Gasteiger partial charge < -0.3 is 5.32 Å². The van der Waals surface area contributed by atoms with E-state index in [4.69, 9.17) is 0 Å². The molecule has 4 heteroatoms. The molecule has 1 aromatic rings. The third kappa shape index (κ3) is 2.07. The van der Waals surface area contributed by atoms with Gasteiger partial charge in [-0.3, -0.25) is 9.89 Å². The number of nitrogens with one attached hydrogen (secondary N) is 2. The molecule has 0 unspecified atom stereocenters. The number of aromatic nitrogens is 2. The summed E-state index contributed by atoms with van der Waals surface area (Å²) < 4.78 is 0. The summed E-state index contributed by atoms with van der Waals surface area (Å²) in [7, 11) is 1.61. The van der Waals surface area contributed by atoms with Gasteiger partial charge in [-0.2, -0.15) is 5.10 Å². The maximum Gasteiger partial charge on any atom is 0.225 e. The summed E-state index contributed by atoms with van der Waals surface area (Å²) in [5.74, 6) is -0.0171. The minimum absolute atomic E-state index is 0.0171. The highest BCUT2D eigenvalue weighted by Crippen LogP contribution is 1.97. The molecule has 60 valence electrons. The van der Waals surface area contributed by atoms with Crippen LogP contribution in [-0.4, -0.2) is 23.2 Å². The number of aromatic amines is 1. The van der Waals surface area contributed by atoms with Crippen LogP contribution < -0.4 is 5.32 Å². The zero-order valence-electron chi connectivity index (χ0n) is 6.64. The highest BCUT2D eigenvalue weighted by atomic mass is 16.1. The number of hydrogen-bond acceptors (Lipinski definition) is 2. The summed E-state index contributed by atoms with van der Waals surface area (Å²) in [6, 6.07) is 1.86. The van der Waals surface area contributed by atoms with E-state index in [9.17, 15) is 4.79 Å². The average molecular weight is 153 g/mol. The van der Waals surface area contributed by atoms with Crippen molar-refractivity contribution >= 4 is 5.91 Å². The lowest BCUT2D eigenvalue weighted by Gasteiger charge is -1.93. The van der Waals surface area contributed by atoms with Crippen LogP contribution in [0.3, 0.4) is 0 Å². The summed E-state index contributed by atoms with van der Waals surface area (Å²) in [5, 5.41) is 9.22. The maximum absolute atomic E-state index is 10.8. The molecule has 0 saturated heterocycles. The van der Waals surface area contributed by atoms with Crippen LogP contribution in [0.4, 0.5) is 0 Å². The number of H-pyrrole nitrogens is 1. The summed E-state index contributed by atoms with van der Waals surface area (Å²) in [4.78, 5) is 10.8. The number of likely N-dealkylation sites (N-methyl/N-ethyl adjacent to an activating group) is 1. The lowest BCUT2D eigenvalue weighted by molar-refractivity contribution is -0.120. The zero-order chi connectivity index (χ0) is 8.27. The smallest absolute Gasteiger partial charge is 0.225 e. The summed E-state index contributed by atoms with van der Waals surface area (Å²) in [6.07, 6.45) is 0.348. The second-order valence-electron chi connectivity index (χ2n) is 2.39. The van der Waals surface area contributed by atoms with Crippen LogP contribution in [0, 0.1) is 6.92 Å². The molecule has 0 fully saturated rings. The lowest BCUT2D eigenvalue weighted by atomic mass is 10.3. The largest absolute Gasteiger partial charge is 0.359 e. The molecule has 0 aliphatic carbocycles. The Morgan fingerprint density at radius 1 is 1.82 bits per heavy atom. The third-order valence-electron chi connectivity index (χ3n) is 1.38. The first kappa shape index (κ1) is 7.78. The van der Waals surface area contributed by atoms with Gasteiger partial charge in [0.25, 0.3) is 0 Å². The maximum atomic E-state index is 10.8. The number of hydrogen-bond donors (Lipinski definition) is 2. The van der Waals surface area contributed by atoms with Gasteiger partial charge in [0.15, 0.2) is 0 Å². The standard InChI is InChI=1S/C7H11N3O/c1-5-3-6(10-9-5)4-7(11)8-2/h3H,4H2,1-2H3,(H,8,11)(H,9,10). The van der Waals surface area contributed by atoms with Crippen LogP contribution in [-0.2, 0) is 11.2 Å². The Hall–Kier alpha value is -1.32. The van der Waals surface area contributed by atoms with Gasteiger partial charge in [-0.15, -0.1) is 0 Å². The number of rotatable bonds is 2. The van der Waals surface area contributed by atoms with Crippen molar-refractivity contribution in [3.63, 3.8) is 0 Å². The van der Waals surface area contributed by atoms with Crippen LogP contribution in [0.2, 0.25) is 0 Å². The first-order chi connectivity index (χ1) is 5.22. The van der Waals surface area contributed by atoms with Gasteiger partial charge in [0.05, 0.1) is 12.1 Å². The van der Waals surface area contributed by atoms with Crippen molar-refractivity contribution in [2.45, 2.75) is 13.3 Å². The van der Waals surface area contributed by atoms with Crippen molar-refractivity contribution in [1.82, 2.24) is 15.5 Å². The predicted octanol–water partition coefficient (Wildman–Crippen LogP) is 0.00662. The van der Waals surface area contributed by atoms with Gasteiger partial charge >= 0.3 is 0 Å². The SMILES string of the molecule is CNC(=O)Cc1cc(C)[nH]n1. The van der Waals surface area contributed by atoms with E-state index in [-0.39, 0.29) is 5.91 Å². The molecule has 1 amide bonds. The molecule has 0 aliphatic rings. The van der Waals surface area contributed by atoms with Gasteiger partial charge in [-0.25, -0.2) is 0 Å². The minimum atomic E-state index is -0.0171. The van der Waals surface area contributed by atoms with Gasteiger partial charge in [0.1, 0.15) is 0 Å². The van der Waals surface area contributed by atoms with Crippen molar-refractivity contribution in [2.75, 3.05) is 7.05 Å². The first-order valence-electron chi connectivity index (χ1n) is 3.44. The van der Waals surface area contributed by atoms with Crippen LogP contribution in [0.1, 0.15) is 11.4 Å². The van der Waals surface area contributed by atoms with E-state index in [0.717, 1.165) is 11.4 Å². The fourth-order valence-electron chi connectivity index (χ4n) is 0.818. The Bertz CT molecular complexity index is 254. The number of aryl methyl sites for hydroxylation is 1. The predicted molar refractivity (Wildman–Crippen MR) is 41.1 cm³/mol. The van der Waals surface area contributed by atoms with Crippen molar-refractivity contribution in [3.05, 3.63) is 17.5 Å². The Labute approximate surface area is 65.0 Å². The number of carbonyl (C=O) groups is 1.